The SMILES string of the molecule is COc1cc(=O)oc(CCCCCO)c1C. The Hall–Kier alpha value is -1.29. The highest BCUT2D eigenvalue weighted by Crippen LogP contribution is 2.20. The summed E-state index contributed by atoms with van der Waals surface area (Å²) in [6, 6.07) is 1.35. The average molecular weight is 226 g/mol. The van der Waals surface area contributed by atoms with Crippen LogP contribution >= 0.6 is 0 Å². The number of methoxy groups -OCH3 is 1. The van der Waals surface area contributed by atoms with E-state index in [9.17, 15) is 4.79 Å². The summed E-state index contributed by atoms with van der Waals surface area (Å²) in [6.07, 6.45) is 3.32. The van der Waals surface area contributed by atoms with Crippen LogP contribution in [0.5, 0.6) is 5.75 Å². The van der Waals surface area contributed by atoms with Crippen LogP contribution < -0.4 is 10.4 Å². The summed E-state index contributed by atoms with van der Waals surface area (Å²) in [5.74, 6) is 1.26. The highest BCUT2D eigenvalue weighted by atomic mass is 16.5. The van der Waals surface area contributed by atoms with Crippen LogP contribution in [0.15, 0.2) is 15.3 Å². The third-order valence-corrected chi connectivity index (χ3v) is 2.54. The second-order valence-electron chi connectivity index (χ2n) is 3.72. The smallest absolute Gasteiger partial charge is 0.339 e. The van der Waals surface area contributed by atoms with E-state index in [4.69, 9.17) is 14.3 Å². The number of aliphatic hydroxyl groups is 1. The monoisotopic (exact) mass is 226 g/mol. The molecule has 1 N–H and O–H groups in total. The van der Waals surface area contributed by atoms with E-state index in [1.54, 1.807) is 0 Å². The molecule has 0 atom stereocenters. The molecule has 1 aromatic rings. The Balaban J connectivity index is 2.71. The molecule has 1 aromatic heterocycles. The van der Waals surface area contributed by atoms with Crippen LogP contribution in [0.1, 0.15) is 30.6 Å². The zero-order chi connectivity index (χ0) is 12.0. The van der Waals surface area contributed by atoms with Gasteiger partial charge in [0.2, 0.25) is 0 Å². The second-order valence-corrected chi connectivity index (χ2v) is 3.72. The van der Waals surface area contributed by atoms with Crippen LogP contribution in [0.4, 0.5) is 0 Å². The fourth-order valence-corrected chi connectivity index (χ4v) is 1.60. The molecule has 0 aliphatic carbocycles. The fourth-order valence-electron chi connectivity index (χ4n) is 1.60. The van der Waals surface area contributed by atoms with Crippen molar-refractivity contribution in [3.8, 4) is 5.75 Å². The molecular weight excluding hydrogens is 208 g/mol. The largest absolute Gasteiger partial charge is 0.496 e. The van der Waals surface area contributed by atoms with Gasteiger partial charge >= 0.3 is 5.63 Å². The van der Waals surface area contributed by atoms with Gasteiger partial charge in [-0.05, 0) is 19.8 Å². The van der Waals surface area contributed by atoms with E-state index >= 15 is 0 Å². The Morgan fingerprint density at radius 3 is 2.75 bits per heavy atom. The van der Waals surface area contributed by atoms with Gasteiger partial charge in [0.05, 0.1) is 13.2 Å². The fraction of sp³-hybridized carbons (Fsp3) is 0.583. The molecule has 0 aliphatic rings. The van der Waals surface area contributed by atoms with Crippen LogP contribution in [0.3, 0.4) is 0 Å². The van der Waals surface area contributed by atoms with Crippen LogP contribution in [0.2, 0.25) is 0 Å². The van der Waals surface area contributed by atoms with Crippen LogP contribution in [0.25, 0.3) is 0 Å². The van der Waals surface area contributed by atoms with Crippen LogP contribution in [-0.2, 0) is 6.42 Å². The van der Waals surface area contributed by atoms with Gasteiger partial charge in [0, 0.05) is 18.6 Å². The number of hydrogen-bond donors (Lipinski definition) is 1. The molecule has 0 bridgehead atoms. The maximum absolute atomic E-state index is 11.2. The zero-order valence-electron chi connectivity index (χ0n) is 9.78. The summed E-state index contributed by atoms with van der Waals surface area (Å²) < 4.78 is 10.2. The average Bonchev–Trinajstić information content (AvgIpc) is 2.28. The van der Waals surface area contributed by atoms with Crippen LogP contribution in [-0.4, -0.2) is 18.8 Å². The van der Waals surface area contributed by atoms with E-state index in [2.05, 4.69) is 0 Å². The van der Waals surface area contributed by atoms with Crippen molar-refractivity contribution in [2.24, 2.45) is 0 Å². The Kier molecular flexibility index (Phi) is 5.05. The lowest BCUT2D eigenvalue weighted by atomic mass is 10.1. The lowest BCUT2D eigenvalue weighted by Crippen LogP contribution is -2.05. The number of hydrogen-bond acceptors (Lipinski definition) is 4. The first-order chi connectivity index (χ1) is 7.69. The van der Waals surface area contributed by atoms with Gasteiger partial charge in [-0.2, -0.15) is 0 Å². The molecule has 4 heteroatoms. The number of ether oxygens (including phenoxy) is 1. The van der Waals surface area contributed by atoms with Crippen molar-refractivity contribution in [2.45, 2.75) is 32.6 Å². The molecule has 90 valence electrons. The van der Waals surface area contributed by atoms with E-state index in [0.29, 0.717) is 17.9 Å². The maximum atomic E-state index is 11.2. The molecule has 1 rings (SSSR count). The van der Waals surface area contributed by atoms with Crippen molar-refractivity contribution in [1.82, 2.24) is 0 Å². The summed E-state index contributed by atoms with van der Waals surface area (Å²) >= 11 is 0. The Morgan fingerprint density at radius 2 is 2.12 bits per heavy atom. The van der Waals surface area contributed by atoms with Gasteiger partial charge in [-0.3, -0.25) is 0 Å². The predicted molar refractivity (Wildman–Crippen MR) is 60.9 cm³/mol. The molecule has 1 heterocycles. The van der Waals surface area contributed by atoms with Gasteiger partial charge in [0.1, 0.15) is 11.5 Å². The molecule has 0 unspecified atom stereocenters. The first-order valence-corrected chi connectivity index (χ1v) is 5.47. The number of aliphatic hydroxyl groups excluding tert-OH is 1. The van der Waals surface area contributed by atoms with E-state index in [0.717, 1.165) is 24.8 Å². The minimum absolute atomic E-state index is 0.209. The molecule has 0 saturated heterocycles. The van der Waals surface area contributed by atoms with Crippen molar-refractivity contribution < 1.29 is 14.3 Å². The number of unbranched alkanes of at least 4 members (excludes halogenated alkanes) is 2. The highest BCUT2D eigenvalue weighted by Gasteiger charge is 2.08. The predicted octanol–water partition coefficient (Wildman–Crippen LogP) is 1.66. The molecule has 0 fully saturated rings. The summed E-state index contributed by atoms with van der Waals surface area (Å²) in [7, 11) is 1.54. The van der Waals surface area contributed by atoms with E-state index in [1.165, 1.54) is 13.2 Å². The van der Waals surface area contributed by atoms with E-state index in [1.807, 2.05) is 6.92 Å². The molecule has 0 aromatic carbocycles. The molecule has 0 saturated carbocycles. The molecule has 16 heavy (non-hydrogen) atoms. The minimum Gasteiger partial charge on any atom is -0.496 e. The summed E-state index contributed by atoms with van der Waals surface area (Å²) in [5, 5.41) is 8.65. The lowest BCUT2D eigenvalue weighted by Gasteiger charge is -2.07. The first-order valence-electron chi connectivity index (χ1n) is 5.47. The molecule has 0 aliphatic heterocycles. The lowest BCUT2D eigenvalue weighted by molar-refractivity contribution is 0.282. The van der Waals surface area contributed by atoms with Crippen molar-refractivity contribution >= 4 is 0 Å². The topological polar surface area (TPSA) is 59.7 Å². The summed E-state index contributed by atoms with van der Waals surface area (Å²) in [5.41, 5.74) is 0.505. The van der Waals surface area contributed by atoms with Crippen molar-refractivity contribution in [3.63, 3.8) is 0 Å². The highest BCUT2D eigenvalue weighted by molar-refractivity contribution is 5.32. The van der Waals surface area contributed by atoms with Gasteiger partial charge in [0.15, 0.2) is 0 Å². The van der Waals surface area contributed by atoms with E-state index < -0.39 is 0 Å². The Labute approximate surface area is 94.9 Å². The van der Waals surface area contributed by atoms with Gasteiger partial charge < -0.3 is 14.3 Å². The van der Waals surface area contributed by atoms with Crippen LogP contribution in [0, 0.1) is 6.92 Å². The van der Waals surface area contributed by atoms with Gasteiger partial charge in [-0.1, -0.05) is 6.42 Å². The Morgan fingerprint density at radius 1 is 1.38 bits per heavy atom. The number of rotatable bonds is 6. The molecule has 0 spiro atoms. The van der Waals surface area contributed by atoms with Crippen molar-refractivity contribution in [2.75, 3.05) is 13.7 Å². The number of aryl methyl sites for hydroxylation is 1. The molecular formula is C12H18O4. The zero-order valence-corrected chi connectivity index (χ0v) is 9.78. The third-order valence-electron chi connectivity index (χ3n) is 2.54. The summed E-state index contributed by atoms with van der Waals surface area (Å²) in [4.78, 5) is 11.2. The van der Waals surface area contributed by atoms with Gasteiger partial charge in [-0.25, -0.2) is 4.79 Å². The minimum atomic E-state index is -0.375. The van der Waals surface area contributed by atoms with E-state index in [-0.39, 0.29) is 12.2 Å². The summed E-state index contributed by atoms with van der Waals surface area (Å²) in [6.45, 7) is 2.09. The molecule has 0 amide bonds. The van der Waals surface area contributed by atoms with Gasteiger partial charge in [0.25, 0.3) is 0 Å². The van der Waals surface area contributed by atoms with Crippen molar-refractivity contribution in [1.29, 1.82) is 0 Å². The third kappa shape index (κ3) is 3.38. The normalized spacial score (nSPS) is 10.4. The maximum Gasteiger partial charge on any atom is 0.339 e. The first kappa shape index (κ1) is 12.8. The van der Waals surface area contributed by atoms with Crippen molar-refractivity contribution in [3.05, 3.63) is 27.8 Å². The standard InChI is InChI=1S/C12H18O4/c1-9-10(6-4-3-5-7-13)16-12(14)8-11(9)15-2/h8,13H,3-7H2,1-2H3. The molecule has 4 nitrogen and oxygen atoms in total. The second kappa shape index (κ2) is 6.33. The quantitative estimate of drug-likeness (QED) is 0.749. The Bertz CT molecular complexity index is 381. The molecule has 0 radical (unpaired) electrons. The van der Waals surface area contributed by atoms with Gasteiger partial charge in [-0.15, -0.1) is 0 Å².